The molecule has 1 fully saturated rings. The Morgan fingerprint density at radius 1 is 1.65 bits per heavy atom. The van der Waals surface area contributed by atoms with Crippen molar-refractivity contribution in [1.29, 1.82) is 0 Å². The molecule has 0 unspecified atom stereocenters. The first kappa shape index (κ1) is 12.0. The normalized spacial score (nSPS) is 22.5. The predicted molar refractivity (Wildman–Crippen MR) is 61.3 cm³/mol. The van der Waals surface area contributed by atoms with Crippen LogP contribution in [0.4, 0.5) is 0 Å². The second-order valence-electron chi connectivity index (χ2n) is 4.24. The summed E-state index contributed by atoms with van der Waals surface area (Å²) < 4.78 is 7.13. The number of aromatic nitrogens is 3. The molecule has 0 bridgehead atoms. The summed E-state index contributed by atoms with van der Waals surface area (Å²) in [5, 5.41) is 4.00. The Kier molecular flexibility index (Phi) is 3.73. The molecule has 1 aromatic rings. The molecule has 1 aliphatic heterocycles. The third-order valence-electron chi connectivity index (χ3n) is 3.10. The average molecular weight is 238 g/mol. The molecule has 1 amide bonds. The monoisotopic (exact) mass is 238 g/mol. The maximum Gasteiger partial charge on any atom is 0.247 e. The van der Waals surface area contributed by atoms with Crippen molar-refractivity contribution in [1.82, 2.24) is 19.7 Å². The molecule has 94 valence electrons. The lowest BCUT2D eigenvalue weighted by atomic mass is 10.2. The van der Waals surface area contributed by atoms with E-state index in [1.807, 2.05) is 11.8 Å². The van der Waals surface area contributed by atoms with Crippen LogP contribution in [0.5, 0.6) is 0 Å². The summed E-state index contributed by atoms with van der Waals surface area (Å²) in [5.41, 5.74) is 0. The largest absolute Gasteiger partial charge is 0.375 e. The third kappa shape index (κ3) is 2.63. The highest BCUT2D eigenvalue weighted by atomic mass is 16.5. The van der Waals surface area contributed by atoms with Gasteiger partial charge in [0.15, 0.2) is 0 Å². The van der Waals surface area contributed by atoms with Gasteiger partial charge in [-0.2, -0.15) is 5.10 Å². The molecular weight excluding hydrogens is 220 g/mol. The number of carbonyl (C=O) groups is 1. The van der Waals surface area contributed by atoms with E-state index in [0.717, 1.165) is 6.42 Å². The topological polar surface area (TPSA) is 60.2 Å². The molecule has 1 saturated heterocycles. The van der Waals surface area contributed by atoms with E-state index in [-0.39, 0.29) is 18.1 Å². The minimum Gasteiger partial charge on any atom is -0.375 e. The molecular formula is C11H18N4O2. The third-order valence-corrected chi connectivity index (χ3v) is 3.10. The Labute approximate surface area is 101 Å². The fourth-order valence-corrected chi connectivity index (χ4v) is 1.96. The van der Waals surface area contributed by atoms with Gasteiger partial charge in [-0.05, 0) is 13.3 Å². The van der Waals surface area contributed by atoms with Crippen LogP contribution in [0.3, 0.4) is 0 Å². The number of morpholine rings is 1. The number of carbonyl (C=O) groups excluding carboxylic acids is 1. The Morgan fingerprint density at radius 3 is 3.12 bits per heavy atom. The van der Waals surface area contributed by atoms with E-state index in [9.17, 15) is 4.79 Å². The quantitative estimate of drug-likeness (QED) is 0.768. The molecule has 1 aliphatic rings. The van der Waals surface area contributed by atoms with Gasteiger partial charge in [0.25, 0.3) is 0 Å². The van der Waals surface area contributed by atoms with Crippen LogP contribution in [-0.2, 0) is 9.53 Å². The van der Waals surface area contributed by atoms with Crippen molar-refractivity contribution in [3.05, 3.63) is 12.7 Å². The molecule has 1 aromatic heterocycles. The van der Waals surface area contributed by atoms with Crippen LogP contribution < -0.4 is 0 Å². The van der Waals surface area contributed by atoms with Gasteiger partial charge in [0.1, 0.15) is 18.7 Å². The lowest BCUT2D eigenvalue weighted by molar-refractivity contribution is -0.142. The van der Waals surface area contributed by atoms with Crippen LogP contribution in [0.1, 0.15) is 26.3 Å². The van der Waals surface area contributed by atoms with Gasteiger partial charge in [0, 0.05) is 13.1 Å². The fraction of sp³-hybridized carbons (Fsp3) is 0.727. The van der Waals surface area contributed by atoms with Crippen LogP contribution in [0.25, 0.3) is 0 Å². The molecule has 0 radical (unpaired) electrons. The van der Waals surface area contributed by atoms with E-state index < -0.39 is 0 Å². The Hall–Kier alpha value is -1.43. The summed E-state index contributed by atoms with van der Waals surface area (Å²) in [6.07, 6.45) is 4.11. The zero-order chi connectivity index (χ0) is 12.3. The number of amides is 1. The highest BCUT2D eigenvalue weighted by molar-refractivity contribution is 5.80. The van der Waals surface area contributed by atoms with Crippen molar-refractivity contribution in [2.24, 2.45) is 0 Å². The number of hydrogen-bond donors (Lipinski definition) is 0. The zero-order valence-electron chi connectivity index (χ0n) is 10.2. The van der Waals surface area contributed by atoms with E-state index in [2.05, 4.69) is 17.0 Å². The molecule has 6 nitrogen and oxygen atoms in total. The van der Waals surface area contributed by atoms with Crippen molar-refractivity contribution >= 4 is 5.91 Å². The number of rotatable bonds is 3. The summed E-state index contributed by atoms with van der Waals surface area (Å²) in [6.45, 7) is 5.87. The lowest BCUT2D eigenvalue weighted by Gasteiger charge is -2.33. The molecule has 0 aliphatic carbocycles. The van der Waals surface area contributed by atoms with Gasteiger partial charge >= 0.3 is 0 Å². The summed E-state index contributed by atoms with van der Waals surface area (Å²) in [6, 6.07) is -0.298. The number of nitrogens with zero attached hydrogens (tertiary/aromatic N) is 4. The first-order valence-corrected chi connectivity index (χ1v) is 5.97. The maximum absolute atomic E-state index is 12.2. The first-order chi connectivity index (χ1) is 8.22. The predicted octanol–water partition coefficient (Wildman–Crippen LogP) is 0.477. The second-order valence-corrected chi connectivity index (χ2v) is 4.24. The van der Waals surface area contributed by atoms with Crippen LogP contribution in [0.2, 0.25) is 0 Å². The van der Waals surface area contributed by atoms with Gasteiger partial charge in [-0.15, -0.1) is 0 Å². The van der Waals surface area contributed by atoms with Crippen molar-refractivity contribution in [3.63, 3.8) is 0 Å². The van der Waals surface area contributed by atoms with Crippen molar-refractivity contribution in [2.45, 2.75) is 32.4 Å². The van der Waals surface area contributed by atoms with Gasteiger partial charge in [-0.1, -0.05) is 6.92 Å². The van der Waals surface area contributed by atoms with Crippen molar-refractivity contribution in [3.8, 4) is 0 Å². The maximum atomic E-state index is 12.2. The minimum atomic E-state index is -0.298. The molecule has 2 heterocycles. The Balaban J connectivity index is 1.99. The smallest absolute Gasteiger partial charge is 0.247 e. The summed E-state index contributed by atoms with van der Waals surface area (Å²) in [4.78, 5) is 17.9. The number of hydrogen-bond acceptors (Lipinski definition) is 4. The average Bonchev–Trinajstić information content (AvgIpc) is 2.91. The van der Waals surface area contributed by atoms with Crippen LogP contribution in [0.15, 0.2) is 12.7 Å². The highest BCUT2D eigenvalue weighted by Crippen LogP contribution is 2.13. The fourth-order valence-electron chi connectivity index (χ4n) is 1.96. The standard InChI is InChI=1S/C11H18N4O2/c1-3-10-6-14(4-5-17-10)11(16)9(2)15-8-12-7-13-15/h7-10H,3-6H2,1-2H3/t9-,10-/m0/s1. The zero-order valence-corrected chi connectivity index (χ0v) is 10.2. The van der Waals surface area contributed by atoms with Gasteiger partial charge in [-0.3, -0.25) is 4.79 Å². The molecule has 0 spiro atoms. The Morgan fingerprint density at radius 2 is 2.47 bits per heavy atom. The first-order valence-electron chi connectivity index (χ1n) is 5.97. The van der Waals surface area contributed by atoms with Crippen molar-refractivity contribution < 1.29 is 9.53 Å². The van der Waals surface area contributed by atoms with Crippen LogP contribution in [0, 0.1) is 0 Å². The molecule has 2 rings (SSSR count). The van der Waals surface area contributed by atoms with E-state index in [4.69, 9.17) is 4.74 Å². The lowest BCUT2D eigenvalue weighted by Crippen LogP contribution is -2.47. The van der Waals surface area contributed by atoms with Gasteiger partial charge in [0.05, 0.1) is 12.7 Å². The molecule has 17 heavy (non-hydrogen) atoms. The summed E-state index contributed by atoms with van der Waals surface area (Å²) >= 11 is 0. The molecule has 0 N–H and O–H groups in total. The van der Waals surface area contributed by atoms with Gasteiger partial charge < -0.3 is 9.64 Å². The SMILES string of the molecule is CC[C@H]1CN(C(=O)[C@H](C)n2cncn2)CCO1. The van der Waals surface area contributed by atoms with Gasteiger partial charge in [-0.25, -0.2) is 9.67 Å². The Bertz CT molecular complexity index is 366. The van der Waals surface area contributed by atoms with E-state index in [0.29, 0.717) is 19.7 Å². The second kappa shape index (κ2) is 5.27. The van der Waals surface area contributed by atoms with E-state index in [1.165, 1.54) is 6.33 Å². The molecule has 0 saturated carbocycles. The highest BCUT2D eigenvalue weighted by Gasteiger charge is 2.27. The van der Waals surface area contributed by atoms with Crippen LogP contribution in [-0.4, -0.2) is 51.4 Å². The van der Waals surface area contributed by atoms with Crippen LogP contribution >= 0.6 is 0 Å². The summed E-state index contributed by atoms with van der Waals surface area (Å²) in [7, 11) is 0. The van der Waals surface area contributed by atoms with E-state index >= 15 is 0 Å². The number of ether oxygens (including phenoxy) is 1. The van der Waals surface area contributed by atoms with Crippen molar-refractivity contribution in [2.75, 3.05) is 19.7 Å². The molecule has 2 atom stereocenters. The van der Waals surface area contributed by atoms with E-state index in [1.54, 1.807) is 11.0 Å². The molecule has 6 heteroatoms. The summed E-state index contributed by atoms with van der Waals surface area (Å²) in [5.74, 6) is 0.0808. The molecule has 0 aromatic carbocycles. The minimum absolute atomic E-state index is 0.0808. The van der Waals surface area contributed by atoms with Gasteiger partial charge in [0.2, 0.25) is 5.91 Å².